The molecule has 0 atom stereocenters. The average Bonchev–Trinajstić information content (AvgIpc) is 2.25. The predicted octanol–water partition coefficient (Wildman–Crippen LogP) is 1.84. The Labute approximate surface area is 102 Å². The van der Waals surface area contributed by atoms with Crippen LogP contribution in [0.15, 0.2) is 6.33 Å². The number of rotatable bonds is 5. The molecule has 17 heavy (non-hydrogen) atoms. The zero-order valence-electron chi connectivity index (χ0n) is 10.5. The lowest BCUT2D eigenvalue weighted by Crippen LogP contribution is -2.38. The van der Waals surface area contributed by atoms with Crippen LogP contribution in [0, 0.1) is 0 Å². The molecule has 1 heterocycles. The molecule has 2 rings (SSSR count). The van der Waals surface area contributed by atoms with Crippen LogP contribution >= 0.6 is 0 Å². The first-order valence-electron chi connectivity index (χ1n) is 6.20. The van der Waals surface area contributed by atoms with E-state index in [2.05, 4.69) is 21.8 Å². The van der Waals surface area contributed by atoms with Crippen LogP contribution in [0.5, 0.6) is 5.88 Å². The van der Waals surface area contributed by atoms with Gasteiger partial charge in [0.05, 0.1) is 6.61 Å². The molecule has 0 spiro atoms. The molecule has 1 aromatic rings. The van der Waals surface area contributed by atoms with Gasteiger partial charge in [-0.15, -0.1) is 0 Å². The minimum atomic E-state index is 0.503. The Kier molecular flexibility index (Phi) is 3.66. The largest absolute Gasteiger partial charge is 0.476 e. The van der Waals surface area contributed by atoms with E-state index in [0.29, 0.717) is 24.2 Å². The van der Waals surface area contributed by atoms with Gasteiger partial charge < -0.3 is 15.4 Å². The summed E-state index contributed by atoms with van der Waals surface area (Å²) in [6.07, 6.45) is 6.18. The van der Waals surface area contributed by atoms with Crippen molar-refractivity contribution in [2.24, 2.45) is 0 Å². The SMILES string of the molecule is CCCOc1ncnc(N(C)C2CCC2)c1N. The van der Waals surface area contributed by atoms with Gasteiger partial charge in [-0.3, -0.25) is 0 Å². The van der Waals surface area contributed by atoms with Crippen LogP contribution in [-0.2, 0) is 0 Å². The van der Waals surface area contributed by atoms with Gasteiger partial charge in [0.15, 0.2) is 5.82 Å². The Bertz CT molecular complexity index is 379. The highest BCUT2D eigenvalue weighted by Crippen LogP contribution is 2.33. The third-order valence-corrected chi connectivity index (χ3v) is 3.23. The van der Waals surface area contributed by atoms with Crippen molar-refractivity contribution >= 4 is 11.5 Å². The smallest absolute Gasteiger partial charge is 0.242 e. The maximum absolute atomic E-state index is 6.05. The highest BCUT2D eigenvalue weighted by molar-refractivity contribution is 5.67. The number of hydrogen-bond acceptors (Lipinski definition) is 5. The van der Waals surface area contributed by atoms with E-state index in [-0.39, 0.29) is 0 Å². The molecule has 0 aromatic carbocycles. The van der Waals surface area contributed by atoms with E-state index in [1.54, 1.807) is 0 Å². The molecular weight excluding hydrogens is 216 g/mol. The van der Waals surface area contributed by atoms with Gasteiger partial charge in [-0.05, 0) is 25.7 Å². The van der Waals surface area contributed by atoms with Gasteiger partial charge in [0.2, 0.25) is 5.88 Å². The second kappa shape index (κ2) is 5.21. The maximum atomic E-state index is 6.05. The van der Waals surface area contributed by atoms with Crippen LogP contribution in [0.4, 0.5) is 11.5 Å². The maximum Gasteiger partial charge on any atom is 0.242 e. The summed E-state index contributed by atoms with van der Waals surface area (Å²) in [6, 6.07) is 0.561. The number of nitrogen functional groups attached to an aromatic ring is 1. The van der Waals surface area contributed by atoms with E-state index in [1.807, 2.05) is 7.05 Å². The quantitative estimate of drug-likeness (QED) is 0.845. The molecule has 5 heteroatoms. The molecule has 1 fully saturated rings. The third kappa shape index (κ3) is 2.43. The molecule has 2 N–H and O–H groups in total. The first kappa shape index (κ1) is 12.0. The first-order valence-corrected chi connectivity index (χ1v) is 6.20. The minimum absolute atomic E-state index is 0.503. The Hall–Kier alpha value is -1.52. The summed E-state index contributed by atoms with van der Waals surface area (Å²) in [7, 11) is 2.03. The van der Waals surface area contributed by atoms with Crippen LogP contribution in [-0.4, -0.2) is 29.7 Å². The highest BCUT2D eigenvalue weighted by Gasteiger charge is 2.25. The molecule has 0 bridgehead atoms. The molecule has 1 aliphatic rings. The summed E-state index contributed by atoms with van der Waals surface area (Å²) in [5.74, 6) is 1.29. The van der Waals surface area contributed by atoms with Crippen molar-refractivity contribution in [1.29, 1.82) is 0 Å². The Morgan fingerprint density at radius 1 is 1.47 bits per heavy atom. The van der Waals surface area contributed by atoms with Crippen molar-refractivity contribution in [1.82, 2.24) is 9.97 Å². The summed E-state index contributed by atoms with van der Waals surface area (Å²) in [5.41, 5.74) is 6.60. The molecule has 1 aliphatic carbocycles. The van der Waals surface area contributed by atoms with E-state index in [4.69, 9.17) is 10.5 Å². The lowest BCUT2D eigenvalue weighted by molar-refractivity contribution is 0.306. The second-order valence-corrected chi connectivity index (χ2v) is 4.46. The fourth-order valence-corrected chi connectivity index (χ4v) is 1.91. The summed E-state index contributed by atoms with van der Waals surface area (Å²) >= 11 is 0. The fraction of sp³-hybridized carbons (Fsp3) is 0.667. The first-order chi connectivity index (χ1) is 8.24. The minimum Gasteiger partial charge on any atom is -0.476 e. The molecule has 0 aliphatic heterocycles. The van der Waals surface area contributed by atoms with Gasteiger partial charge in [0.25, 0.3) is 0 Å². The van der Waals surface area contributed by atoms with Crippen LogP contribution in [0.2, 0.25) is 0 Å². The van der Waals surface area contributed by atoms with Crippen LogP contribution in [0.25, 0.3) is 0 Å². The van der Waals surface area contributed by atoms with E-state index in [9.17, 15) is 0 Å². The molecule has 0 radical (unpaired) electrons. The van der Waals surface area contributed by atoms with Gasteiger partial charge in [-0.1, -0.05) is 6.92 Å². The number of ether oxygens (including phenoxy) is 1. The van der Waals surface area contributed by atoms with Gasteiger partial charge in [-0.25, -0.2) is 4.98 Å². The van der Waals surface area contributed by atoms with E-state index < -0.39 is 0 Å². The molecule has 1 aromatic heterocycles. The highest BCUT2D eigenvalue weighted by atomic mass is 16.5. The van der Waals surface area contributed by atoms with Crippen molar-refractivity contribution in [2.45, 2.75) is 38.6 Å². The van der Waals surface area contributed by atoms with Crippen molar-refractivity contribution in [3.05, 3.63) is 6.33 Å². The molecule has 0 unspecified atom stereocenters. The summed E-state index contributed by atoms with van der Waals surface area (Å²) in [5, 5.41) is 0. The number of hydrogen-bond donors (Lipinski definition) is 1. The van der Waals surface area contributed by atoms with Gasteiger partial charge in [-0.2, -0.15) is 4.98 Å². The zero-order valence-corrected chi connectivity index (χ0v) is 10.5. The number of aromatic nitrogens is 2. The summed E-state index contributed by atoms with van der Waals surface area (Å²) < 4.78 is 5.51. The normalized spacial score (nSPS) is 15.4. The van der Waals surface area contributed by atoms with Crippen molar-refractivity contribution in [2.75, 3.05) is 24.3 Å². The monoisotopic (exact) mass is 236 g/mol. The van der Waals surface area contributed by atoms with Crippen molar-refractivity contribution < 1.29 is 4.74 Å². The van der Waals surface area contributed by atoms with Crippen molar-refractivity contribution in [3.8, 4) is 5.88 Å². The Balaban J connectivity index is 2.15. The van der Waals surface area contributed by atoms with Gasteiger partial charge >= 0.3 is 0 Å². The molecule has 0 amide bonds. The van der Waals surface area contributed by atoms with Gasteiger partial charge in [0, 0.05) is 13.1 Å². The molecule has 94 valence electrons. The number of nitrogens with two attached hydrogens (primary N) is 1. The lowest BCUT2D eigenvalue weighted by atomic mass is 9.92. The van der Waals surface area contributed by atoms with Crippen LogP contribution in [0.3, 0.4) is 0 Å². The average molecular weight is 236 g/mol. The summed E-state index contributed by atoms with van der Waals surface area (Å²) in [6.45, 7) is 2.69. The van der Waals surface area contributed by atoms with E-state index in [0.717, 1.165) is 12.2 Å². The molecule has 5 nitrogen and oxygen atoms in total. The van der Waals surface area contributed by atoms with Crippen LogP contribution in [0.1, 0.15) is 32.6 Å². The molecule has 0 saturated heterocycles. The number of nitrogens with zero attached hydrogens (tertiary/aromatic N) is 3. The predicted molar refractivity (Wildman–Crippen MR) is 68.3 cm³/mol. The van der Waals surface area contributed by atoms with Crippen LogP contribution < -0.4 is 15.4 Å². The Morgan fingerprint density at radius 3 is 2.82 bits per heavy atom. The van der Waals surface area contributed by atoms with Crippen molar-refractivity contribution in [3.63, 3.8) is 0 Å². The third-order valence-electron chi connectivity index (χ3n) is 3.23. The van der Waals surface area contributed by atoms with Gasteiger partial charge in [0.1, 0.15) is 12.0 Å². The second-order valence-electron chi connectivity index (χ2n) is 4.46. The zero-order chi connectivity index (χ0) is 12.3. The number of anilines is 2. The standard InChI is InChI=1S/C12H20N4O/c1-3-7-17-12-10(13)11(14-8-15-12)16(2)9-5-4-6-9/h8-9H,3-7,13H2,1-2H3. The lowest BCUT2D eigenvalue weighted by Gasteiger charge is -2.36. The van der Waals surface area contributed by atoms with E-state index in [1.165, 1.54) is 25.6 Å². The Morgan fingerprint density at radius 2 is 2.24 bits per heavy atom. The molecule has 1 saturated carbocycles. The fourth-order valence-electron chi connectivity index (χ4n) is 1.91. The summed E-state index contributed by atoms with van der Waals surface area (Å²) in [4.78, 5) is 10.5. The van der Waals surface area contributed by atoms with E-state index >= 15 is 0 Å². The topological polar surface area (TPSA) is 64.3 Å². The molecular formula is C12H20N4O.